The zero-order valence-electron chi connectivity index (χ0n) is 12.0. The molecule has 0 fully saturated rings. The van der Waals surface area contributed by atoms with Crippen LogP contribution in [0.5, 0.6) is 0 Å². The van der Waals surface area contributed by atoms with Gasteiger partial charge in [-0.2, -0.15) is 0 Å². The number of nitrogens with zero attached hydrogens (tertiary/aromatic N) is 2. The van der Waals surface area contributed by atoms with Crippen molar-refractivity contribution in [3.8, 4) is 0 Å². The molecule has 4 heteroatoms. The van der Waals surface area contributed by atoms with Gasteiger partial charge in [-0.15, -0.1) is 0 Å². The van der Waals surface area contributed by atoms with Crippen molar-refractivity contribution >= 4 is 23.8 Å². The van der Waals surface area contributed by atoms with Crippen molar-refractivity contribution in [2.75, 3.05) is 0 Å². The van der Waals surface area contributed by atoms with Crippen molar-refractivity contribution in [3.63, 3.8) is 0 Å². The lowest BCUT2D eigenvalue weighted by Gasteiger charge is -2.31. The number of amidine groups is 1. The number of hydrogen-bond donors (Lipinski definition) is 1. The van der Waals surface area contributed by atoms with Gasteiger partial charge in [0.25, 0.3) is 0 Å². The average molecular weight is 275 g/mol. The van der Waals surface area contributed by atoms with Gasteiger partial charge < -0.3 is 5.73 Å². The first-order chi connectivity index (χ1) is 8.80. The predicted octanol–water partition coefficient (Wildman–Crippen LogP) is 3.86. The molecule has 1 aliphatic heterocycles. The minimum atomic E-state index is -0.0483. The Bertz CT molecular complexity index is 536. The van der Waals surface area contributed by atoms with Crippen LogP contribution in [0.3, 0.4) is 0 Å². The number of aliphatic imine (C=N–C) groups is 2. The standard InChI is InChI=1S/C15H21N3S/c1-9-6-12-8-17-11(3)18-14(15(12,4)5)13(7-9)19-10(2)16/h7-8,12H,2,6,16H2,1,3-5H3. The van der Waals surface area contributed by atoms with Gasteiger partial charge in [0, 0.05) is 22.5 Å². The summed E-state index contributed by atoms with van der Waals surface area (Å²) in [5.74, 6) is 1.17. The zero-order chi connectivity index (χ0) is 14.2. The second-order valence-electron chi connectivity index (χ2n) is 5.74. The molecule has 0 spiro atoms. The Balaban J connectivity index is 2.65. The topological polar surface area (TPSA) is 50.7 Å². The summed E-state index contributed by atoms with van der Waals surface area (Å²) in [6.07, 6.45) is 5.24. The number of nitrogens with two attached hydrogens (primary N) is 1. The molecular formula is C15H21N3S. The van der Waals surface area contributed by atoms with Crippen LogP contribution in [0.2, 0.25) is 0 Å². The lowest BCUT2D eigenvalue weighted by molar-refractivity contribution is 0.344. The van der Waals surface area contributed by atoms with E-state index < -0.39 is 0 Å². The molecule has 0 amide bonds. The Morgan fingerprint density at radius 2 is 2.16 bits per heavy atom. The maximum atomic E-state index is 5.78. The van der Waals surface area contributed by atoms with Gasteiger partial charge in [-0.05, 0) is 26.3 Å². The highest BCUT2D eigenvalue weighted by molar-refractivity contribution is 8.06. The molecule has 1 unspecified atom stereocenters. The molecule has 2 aliphatic rings. The van der Waals surface area contributed by atoms with E-state index in [0.717, 1.165) is 22.9 Å². The Kier molecular flexibility index (Phi) is 3.72. The van der Waals surface area contributed by atoms with E-state index in [-0.39, 0.29) is 5.41 Å². The van der Waals surface area contributed by atoms with Crippen LogP contribution in [-0.2, 0) is 0 Å². The third-order valence-corrected chi connectivity index (χ3v) is 4.44. The largest absolute Gasteiger partial charge is 0.394 e. The monoisotopic (exact) mass is 275 g/mol. The lowest BCUT2D eigenvalue weighted by atomic mass is 9.75. The third kappa shape index (κ3) is 2.84. The fourth-order valence-corrected chi connectivity index (χ4v) is 3.44. The summed E-state index contributed by atoms with van der Waals surface area (Å²) in [5, 5.41) is 0.596. The van der Waals surface area contributed by atoms with Gasteiger partial charge in [-0.1, -0.05) is 37.8 Å². The highest BCUT2D eigenvalue weighted by Crippen LogP contribution is 2.46. The number of rotatable bonds is 2. The summed E-state index contributed by atoms with van der Waals surface area (Å²) in [5.41, 5.74) is 8.13. The van der Waals surface area contributed by atoms with E-state index in [9.17, 15) is 0 Å². The third-order valence-electron chi connectivity index (χ3n) is 3.65. The van der Waals surface area contributed by atoms with E-state index in [1.165, 1.54) is 17.3 Å². The number of hydrogen-bond acceptors (Lipinski definition) is 4. The van der Waals surface area contributed by atoms with Gasteiger partial charge in [0.2, 0.25) is 0 Å². The summed E-state index contributed by atoms with van der Waals surface area (Å²) < 4.78 is 0. The first kappa shape index (κ1) is 14.1. The normalized spacial score (nSPS) is 25.4. The minimum absolute atomic E-state index is 0.0483. The van der Waals surface area contributed by atoms with Gasteiger partial charge in [-0.25, -0.2) is 9.98 Å². The summed E-state index contributed by atoms with van der Waals surface area (Å²) in [6.45, 7) is 12.3. The van der Waals surface area contributed by atoms with Crippen molar-refractivity contribution in [3.05, 3.63) is 33.9 Å². The molecule has 1 heterocycles. The summed E-state index contributed by atoms with van der Waals surface area (Å²) in [7, 11) is 0. The number of allylic oxidation sites excluding steroid dienone is 3. The maximum absolute atomic E-state index is 5.78. The average Bonchev–Trinajstić information content (AvgIpc) is 2.43. The molecule has 2 N–H and O–H groups in total. The number of thioether (sulfide) groups is 1. The van der Waals surface area contributed by atoms with E-state index in [1.807, 2.05) is 13.1 Å². The Morgan fingerprint density at radius 3 is 2.79 bits per heavy atom. The van der Waals surface area contributed by atoms with Crippen molar-refractivity contribution in [2.24, 2.45) is 27.1 Å². The molecule has 0 aromatic carbocycles. The summed E-state index contributed by atoms with van der Waals surface area (Å²) in [4.78, 5) is 10.3. The minimum Gasteiger partial charge on any atom is -0.394 e. The molecule has 0 aromatic rings. The van der Waals surface area contributed by atoms with Crippen LogP contribution in [0.25, 0.3) is 0 Å². The first-order valence-electron chi connectivity index (χ1n) is 6.44. The smallest absolute Gasteiger partial charge is 0.125 e. The van der Waals surface area contributed by atoms with Crippen LogP contribution in [-0.4, -0.2) is 12.1 Å². The molecule has 3 nitrogen and oxygen atoms in total. The van der Waals surface area contributed by atoms with E-state index in [2.05, 4.69) is 38.4 Å². The van der Waals surface area contributed by atoms with Crippen molar-refractivity contribution in [1.29, 1.82) is 0 Å². The number of fused-ring (bicyclic) bond motifs is 2. The van der Waals surface area contributed by atoms with Crippen molar-refractivity contribution in [2.45, 2.75) is 34.1 Å². The summed E-state index contributed by atoms with van der Waals surface area (Å²) >= 11 is 1.50. The molecule has 0 aromatic heterocycles. The van der Waals surface area contributed by atoms with E-state index >= 15 is 0 Å². The van der Waals surface area contributed by atoms with Crippen LogP contribution in [0.4, 0.5) is 0 Å². The predicted molar refractivity (Wildman–Crippen MR) is 85.2 cm³/mol. The van der Waals surface area contributed by atoms with Crippen LogP contribution < -0.4 is 5.73 Å². The Hall–Kier alpha value is -1.29. The van der Waals surface area contributed by atoms with Gasteiger partial charge in [0.15, 0.2) is 0 Å². The van der Waals surface area contributed by atoms with Gasteiger partial charge in [0.05, 0.1) is 10.7 Å². The zero-order valence-corrected chi connectivity index (χ0v) is 12.8. The van der Waals surface area contributed by atoms with Crippen LogP contribution in [0.1, 0.15) is 34.1 Å². The van der Waals surface area contributed by atoms with Crippen LogP contribution >= 0.6 is 11.8 Å². The molecule has 0 saturated heterocycles. The van der Waals surface area contributed by atoms with Crippen molar-refractivity contribution in [1.82, 2.24) is 0 Å². The van der Waals surface area contributed by atoms with Gasteiger partial charge >= 0.3 is 0 Å². The quantitative estimate of drug-likeness (QED) is 0.832. The Labute approximate surface area is 119 Å². The molecule has 19 heavy (non-hydrogen) atoms. The molecule has 1 atom stereocenters. The lowest BCUT2D eigenvalue weighted by Crippen LogP contribution is -2.26. The first-order valence-corrected chi connectivity index (χ1v) is 7.26. The highest BCUT2D eigenvalue weighted by Gasteiger charge is 2.37. The fourth-order valence-electron chi connectivity index (χ4n) is 2.49. The summed E-state index contributed by atoms with van der Waals surface area (Å²) in [6, 6.07) is 0. The van der Waals surface area contributed by atoms with Crippen molar-refractivity contribution < 1.29 is 0 Å². The van der Waals surface area contributed by atoms with Crippen LogP contribution in [0, 0.1) is 11.3 Å². The molecular weight excluding hydrogens is 254 g/mol. The second kappa shape index (κ2) is 5.00. The SMILES string of the molecule is C=C(N)SC1=C2N=C(C)N=CC(CC(C)=C1)C2(C)C. The van der Waals surface area contributed by atoms with E-state index in [0.29, 0.717) is 10.9 Å². The molecule has 0 radical (unpaired) electrons. The molecule has 0 saturated carbocycles. The fraction of sp³-hybridized carbons (Fsp3) is 0.467. The molecule has 102 valence electrons. The highest BCUT2D eigenvalue weighted by atomic mass is 32.2. The molecule has 2 rings (SSSR count). The van der Waals surface area contributed by atoms with Crippen LogP contribution in [0.15, 0.2) is 43.8 Å². The molecule has 1 aliphatic carbocycles. The Morgan fingerprint density at radius 1 is 1.47 bits per heavy atom. The van der Waals surface area contributed by atoms with Gasteiger partial charge in [-0.3, -0.25) is 0 Å². The maximum Gasteiger partial charge on any atom is 0.125 e. The van der Waals surface area contributed by atoms with Gasteiger partial charge in [0.1, 0.15) is 5.84 Å². The van der Waals surface area contributed by atoms with E-state index in [4.69, 9.17) is 10.7 Å². The second-order valence-corrected chi connectivity index (χ2v) is 6.91. The molecule has 2 bridgehead atoms. The van der Waals surface area contributed by atoms with E-state index in [1.54, 1.807) is 0 Å².